The molecule has 0 bridgehead atoms. The van der Waals surface area contributed by atoms with Crippen LogP contribution in [0.15, 0.2) is 47.4 Å². The largest absolute Gasteiger partial charge is 0.384 e. The third-order valence-corrected chi connectivity index (χ3v) is 8.70. The van der Waals surface area contributed by atoms with Crippen LogP contribution in [0.4, 0.5) is 4.39 Å². The van der Waals surface area contributed by atoms with Crippen molar-refractivity contribution in [2.75, 3.05) is 13.1 Å². The molecule has 2 amide bonds. The van der Waals surface area contributed by atoms with Crippen molar-refractivity contribution < 1.29 is 27.5 Å². The molecule has 1 fully saturated rings. The molecule has 2 aromatic rings. The van der Waals surface area contributed by atoms with E-state index in [0.717, 1.165) is 19.8 Å². The zero-order valence-electron chi connectivity index (χ0n) is 21.5. The molecule has 4 N–H and O–H groups in total. The number of carbonyl (C=O) groups is 2. The zero-order chi connectivity index (χ0) is 27.7. The third kappa shape index (κ3) is 8.26. The summed E-state index contributed by atoms with van der Waals surface area (Å²) in [5.74, 6) is -1.80. The van der Waals surface area contributed by atoms with Crippen LogP contribution in [0.5, 0.6) is 0 Å². The highest BCUT2D eigenvalue weighted by Gasteiger charge is 2.29. The molecule has 3 rings (SSSR count). The minimum Gasteiger partial charge on any atom is -0.384 e. The number of halogens is 1. The van der Waals surface area contributed by atoms with Crippen molar-refractivity contribution in [2.24, 2.45) is 5.92 Å². The average molecular weight is 566 g/mol. The molecule has 2 atom stereocenters. The molecule has 0 aliphatic heterocycles. The average Bonchev–Trinajstić information content (AvgIpc) is 2.90. The molecule has 1 saturated carbocycles. The van der Waals surface area contributed by atoms with E-state index in [1.54, 1.807) is 35.1 Å². The van der Waals surface area contributed by atoms with Crippen LogP contribution in [0.2, 0.25) is 0 Å². The Morgan fingerprint density at radius 3 is 2.45 bits per heavy atom. The fraction of sp³-hybridized carbons (Fsp3) is 0.481. The second kappa shape index (κ2) is 14.1. The van der Waals surface area contributed by atoms with E-state index in [1.807, 2.05) is 0 Å². The standard InChI is InChI=1S/C27H36FN3O5S2/c1-18(32)27(34)31-38(35,36)26-22(19-8-4-2-5-9-19)13-12-21(25(26)28)16-29-15-14-24(33)30-17-23(37)20-10-6-3-7-11-20/h2,4-5,8-9,12-13,18,20,23,29,32,37H,3,6-7,10-11,14-17H2,1H3,(H,30,33)(H,31,34)/t18-,23-/m0/s1. The molecule has 1 aliphatic rings. The normalized spacial score (nSPS) is 16.0. The van der Waals surface area contributed by atoms with E-state index in [2.05, 4.69) is 23.3 Å². The highest BCUT2D eigenvalue weighted by Crippen LogP contribution is 2.32. The molecule has 1 aliphatic carbocycles. The first-order valence-corrected chi connectivity index (χ1v) is 14.9. The van der Waals surface area contributed by atoms with Gasteiger partial charge in [-0.3, -0.25) is 9.59 Å². The Bertz CT molecular complexity index is 1200. The molecule has 2 aromatic carbocycles. The zero-order valence-corrected chi connectivity index (χ0v) is 23.2. The molecule has 208 valence electrons. The van der Waals surface area contributed by atoms with Gasteiger partial charge in [0.2, 0.25) is 5.91 Å². The van der Waals surface area contributed by atoms with Gasteiger partial charge in [-0.25, -0.2) is 17.5 Å². The van der Waals surface area contributed by atoms with Crippen molar-refractivity contribution in [1.82, 2.24) is 15.4 Å². The van der Waals surface area contributed by atoms with Crippen LogP contribution < -0.4 is 15.4 Å². The molecule has 0 aromatic heterocycles. The van der Waals surface area contributed by atoms with Gasteiger partial charge in [-0.05, 0) is 31.2 Å². The Kier molecular flexibility index (Phi) is 11.1. The summed E-state index contributed by atoms with van der Waals surface area (Å²) in [5, 5.41) is 15.5. The SMILES string of the molecule is C[C@H](O)C(=O)NS(=O)(=O)c1c(-c2ccccc2)ccc(CNCCC(=O)NC[C@H](S)C2CCCCC2)c1F. The monoisotopic (exact) mass is 565 g/mol. The number of rotatable bonds is 12. The lowest BCUT2D eigenvalue weighted by Gasteiger charge is -2.27. The number of benzene rings is 2. The Balaban J connectivity index is 1.65. The van der Waals surface area contributed by atoms with Gasteiger partial charge >= 0.3 is 0 Å². The van der Waals surface area contributed by atoms with E-state index < -0.39 is 32.7 Å². The number of thiol groups is 1. The topological polar surface area (TPSA) is 125 Å². The minimum absolute atomic E-state index is 0.0294. The van der Waals surface area contributed by atoms with Crippen LogP contribution in [-0.4, -0.2) is 49.8 Å². The van der Waals surface area contributed by atoms with Crippen LogP contribution >= 0.6 is 12.6 Å². The minimum atomic E-state index is -4.64. The van der Waals surface area contributed by atoms with E-state index in [0.29, 0.717) is 18.0 Å². The van der Waals surface area contributed by atoms with Gasteiger partial charge in [0.1, 0.15) is 16.8 Å². The quantitative estimate of drug-likeness (QED) is 0.199. The fourth-order valence-corrected chi connectivity index (χ4v) is 6.30. The van der Waals surface area contributed by atoms with Gasteiger partial charge in [-0.15, -0.1) is 0 Å². The Labute approximate surface area is 229 Å². The van der Waals surface area contributed by atoms with Crippen LogP contribution in [-0.2, 0) is 26.2 Å². The lowest BCUT2D eigenvalue weighted by Crippen LogP contribution is -2.38. The van der Waals surface area contributed by atoms with Gasteiger partial charge in [0.15, 0.2) is 0 Å². The van der Waals surface area contributed by atoms with Gasteiger partial charge in [-0.1, -0.05) is 61.7 Å². The summed E-state index contributed by atoms with van der Waals surface area (Å²) >= 11 is 4.65. The van der Waals surface area contributed by atoms with Crippen LogP contribution in [0.3, 0.4) is 0 Å². The first kappa shape index (κ1) is 30.1. The number of aliphatic hydroxyl groups is 1. The molecule has 0 spiro atoms. The summed E-state index contributed by atoms with van der Waals surface area (Å²) in [5.41, 5.74) is 0.585. The van der Waals surface area contributed by atoms with Crippen molar-refractivity contribution in [3.8, 4) is 11.1 Å². The van der Waals surface area contributed by atoms with Gasteiger partial charge in [0.25, 0.3) is 15.9 Å². The van der Waals surface area contributed by atoms with Crippen molar-refractivity contribution in [1.29, 1.82) is 0 Å². The Morgan fingerprint density at radius 1 is 1.11 bits per heavy atom. The maximum atomic E-state index is 15.6. The Hall–Kier alpha value is -2.47. The van der Waals surface area contributed by atoms with Gasteiger partial charge < -0.3 is 15.7 Å². The molecule has 0 saturated heterocycles. The smallest absolute Gasteiger partial charge is 0.267 e. The number of amides is 2. The van der Waals surface area contributed by atoms with Gasteiger partial charge in [-0.2, -0.15) is 12.6 Å². The van der Waals surface area contributed by atoms with E-state index in [1.165, 1.54) is 31.4 Å². The number of carbonyl (C=O) groups excluding carboxylic acids is 2. The van der Waals surface area contributed by atoms with Crippen molar-refractivity contribution in [2.45, 2.75) is 68.2 Å². The van der Waals surface area contributed by atoms with Crippen molar-refractivity contribution in [3.05, 3.63) is 53.8 Å². The molecular formula is C27H36FN3O5S2. The molecule has 0 unspecified atom stereocenters. The summed E-state index contributed by atoms with van der Waals surface area (Å²) in [4.78, 5) is 23.5. The maximum absolute atomic E-state index is 15.6. The predicted molar refractivity (Wildman–Crippen MR) is 148 cm³/mol. The first-order valence-electron chi connectivity index (χ1n) is 12.9. The molecule has 0 heterocycles. The lowest BCUT2D eigenvalue weighted by molar-refractivity contribution is -0.126. The number of nitrogens with one attached hydrogen (secondary N) is 3. The van der Waals surface area contributed by atoms with Crippen molar-refractivity contribution >= 4 is 34.5 Å². The van der Waals surface area contributed by atoms with Crippen LogP contribution in [0, 0.1) is 11.7 Å². The van der Waals surface area contributed by atoms with E-state index in [-0.39, 0.29) is 41.8 Å². The molecule has 38 heavy (non-hydrogen) atoms. The second-order valence-electron chi connectivity index (χ2n) is 9.62. The van der Waals surface area contributed by atoms with Crippen LogP contribution in [0.25, 0.3) is 11.1 Å². The van der Waals surface area contributed by atoms with Gasteiger partial charge in [0.05, 0.1) is 0 Å². The Morgan fingerprint density at radius 2 is 1.79 bits per heavy atom. The highest BCUT2D eigenvalue weighted by atomic mass is 32.2. The summed E-state index contributed by atoms with van der Waals surface area (Å²) in [6, 6.07) is 11.3. The maximum Gasteiger partial charge on any atom is 0.267 e. The number of sulfonamides is 1. The number of hydrogen-bond donors (Lipinski definition) is 5. The van der Waals surface area contributed by atoms with Crippen LogP contribution in [0.1, 0.15) is 51.0 Å². The summed E-state index contributed by atoms with van der Waals surface area (Å²) in [6.45, 7) is 1.84. The lowest BCUT2D eigenvalue weighted by atomic mass is 9.86. The summed E-state index contributed by atoms with van der Waals surface area (Å²) < 4.78 is 43.4. The summed E-state index contributed by atoms with van der Waals surface area (Å²) in [6.07, 6.45) is 4.53. The van der Waals surface area contributed by atoms with E-state index in [9.17, 15) is 23.1 Å². The van der Waals surface area contributed by atoms with Gasteiger partial charge in [0, 0.05) is 42.4 Å². The second-order valence-corrected chi connectivity index (χ2v) is 11.9. The van der Waals surface area contributed by atoms with E-state index in [4.69, 9.17) is 0 Å². The molecule has 0 radical (unpaired) electrons. The predicted octanol–water partition coefficient (Wildman–Crippen LogP) is 3.15. The molecule has 11 heteroatoms. The fourth-order valence-electron chi connectivity index (χ4n) is 4.53. The third-order valence-electron chi connectivity index (χ3n) is 6.69. The first-order chi connectivity index (χ1) is 18.1. The van der Waals surface area contributed by atoms with Crippen molar-refractivity contribution in [3.63, 3.8) is 0 Å². The molecular weight excluding hydrogens is 529 g/mol. The number of hydrogen-bond acceptors (Lipinski definition) is 7. The highest BCUT2D eigenvalue weighted by molar-refractivity contribution is 7.90. The summed E-state index contributed by atoms with van der Waals surface area (Å²) in [7, 11) is -4.64. The van der Waals surface area contributed by atoms with E-state index >= 15 is 4.39 Å². The molecule has 8 nitrogen and oxygen atoms in total. The number of aliphatic hydroxyl groups excluding tert-OH is 1.